The van der Waals surface area contributed by atoms with E-state index in [1.54, 1.807) is 18.9 Å². The lowest BCUT2D eigenvalue weighted by Gasteiger charge is -2.05. The fourth-order valence-corrected chi connectivity index (χ4v) is 1.99. The van der Waals surface area contributed by atoms with E-state index in [9.17, 15) is 0 Å². The van der Waals surface area contributed by atoms with Crippen molar-refractivity contribution in [3.63, 3.8) is 0 Å². The van der Waals surface area contributed by atoms with Gasteiger partial charge < -0.3 is 10.1 Å². The third-order valence-electron chi connectivity index (χ3n) is 1.61. The lowest BCUT2D eigenvalue weighted by atomic mass is 10.3. The lowest BCUT2D eigenvalue weighted by Crippen LogP contribution is -2.11. The topological polar surface area (TPSA) is 21.3 Å². The number of ether oxygens (including phenoxy) is 1. The Bertz CT molecular complexity index is 239. The fourth-order valence-electron chi connectivity index (χ4n) is 1.07. The van der Waals surface area contributed by atoms with Crippen molar-refractivity contribution >= 4 is 17.4 Å². The molecule has 58 valence electrons. The summed E-state index contributed by atoms with van der Waals surface area (Å²) in [6, 6.07) is 8.20. The summed E-state index contributed by atoms with van der Waals surface area (Å²) in [5.41, 5.74) is 1.26. The molecule has 3 heteroatoms. The van der Waals surface area contributed by atoms with Gasteiger partial charge in [-0.25, -0.2) is 0 Å². The summed E-state index contributed by atoms with van der Waals surface area (Å²) in [4.78, 5) is 1.26. The molecule has 0 saturated heterocycles. The minimum absolute atomic E-state index is 0.0902. The van der Waals surface area contributed by atoms with Crippen molar-refractivity contribution < 1.29 is 4.74 Å². The Labute approximate surface area is 69.9 Å². The van der Waals surface area contributed by atoms with Crippen LogP contribution < -0.4 is 5.32 Å². The summed E-state index contributed by atoms with van der Waals surface area (Å²) in [5.74, 6) is 0. The molecule has 1 heterocycles. The SMILES string of the molecule is COC1Nc2ccccc2S1. The van der Waals surface area contributed by atoms with Gasteiger partial charge in [0, 0.05) is 12.0 Å². The number of anilines is 1. The summed E-state index contributed by atoms with van der Waals surface area (Å²) in [6.45, 7) is 0. The number of methoxy groups -OCH3 is 1. The molecule has 1 aliphatic rings. The van der Waals surface area contributed by atoms with Gasteiger partial charge in [-0.15, -0.1) is 0 Å². The fraction of sp³-hybridized carbons (Fsp3) is 0.250. The van der Waals surface area contributed by atoms with Crippen LogP contribution in [0.5, 0.6) is 0 Å². The molecule has 0 fully saturated rings. The second kappa shape index (κ2) is 2.75. The normalized spacial score (nSPS) is 21.0. The van der Waals surface area contributed by atoms with E-state index in [1.807, 2.05) is 12.1 Å². The maximum Gasteiger partial charge on any atom is 0.180 e. The third-order valence-corrected chi connectivity index (χ3v) is 2.74. The zero-order chi connectivity index (χ0) is 7.68. The van der Waals surface area contributed by atoms with Gasteiger partial charge in [-0.3, -0.25) is 0 Å². The summed E-state index contributed by atoms with van der Waals surface area (Å²) in [5, 5.41) is 3.22. The maximum atomic E-state index is 5.15. The molecule has 0 spiro atoms. The predicted octanol–water partition coefficient (Wildman–Crippen LogP) is 2.13. The standard InChI is InChI=1S/C8H9NOS/c1-10-8-9-6-4-2-3-5-7(6)11-8/h2-5,8-9H,1H3. The Kier molecular flexibility index (Phi) is 1.75. The summed E-state index contributed by atoms with van der Waals surface area (Å²) < 4.78 is 5.15. The van der Waals surface area contributed by atoms with Gasteiger partial charge in [0.05, 0.1) is 5.69 Å². The van der Waals surface area contributed by atoms with Crippen LogP contribution in [-0.4, -0.2) is 12.7 Å². The van der Waals surface area contributed by atoms with E-state index >= 15 is 0 Å². The molecule has 0 radical (unpaired) electrons. The highest BCUT2D eigenvalue weighted by Crippen LogP contribution is 2.37. The van der Waals surface area contributed by atoms with Gasteiger partial charge in [0.25, 0.3) is 0 Å². The molecule has 0 amide bonds. The van der Waals surface area contributed by atoms with Crippen LogP contribution in [-0.2, 0) is 4.74 Å². The smallest absolute Gasteiger partial charge is 0.180 e. The molecule has 1 aliphatic heterocycles. The molecule has 1 aromatic rings. The molecule has 0 saturated carbocycles. The van der Waals surface area contributed by atoms with Crippen LogP contribution in [0.25, 0.3) is 0 Å². The van der Waals surface area contributed by atoms with E-state index in [0.717, 1.165) is 0 Å². The number of rotatable bonds is 1. The minimum atomic E-state index is 0.0902. The van der Waals surface area contributed by atoms with Crippen LogP contribution in [0.2, 0.25) is 0 Å². The number of hydrogen-bond acceptors (Lipinski definition) is 3. The zero-order valence-electron chi connectivity index (χ0n) is 6.20. The summed E-state index contributed by atoms with van der Waals surface area (Å²) in [6.07, 6.45) is 0. The molecular formula is C8H9NOS. The number of fused-ring (bicyclic) bond motifs is 1. The first kappa shape index (κ1) is 7.00. The van der Waals surface area contributed by atoms with Crippen LogP contribution in [0.15, 0.2) is 29.2 Å². The predicted molar refractivity (Wildman–Crippen MR) is 46.7 cm³/mol. The molecule has 2 nitrogen and oxygen atoms in total. The molecule has 11 heavy (non-hydrogen) atoms. The molecule has 1 aromatic carbocycles. The first-order valence-corrected chi connectivity index (χ1v) is 4.33. The molecule has 0 aromatic heterocycles. The molecule has 1 atom stereocenters. The van der Waals surface area contributed by atoms with Gasteiger partial charge >= 0.3 is 0 Å². The maximum absolute atomic E-state index is 5.15. The van der Waals surface area contributed by atoms with Crippen LogP contribution in [0.1, 0.15) is 0 Å². The van der Waals surface area contributed by atoms with Crippen LogP contribution in [0, 0.1) is 0 Å². The van der Waals surface area contributed by atoms with Crippen molar-refractivity contribution in [1.29, 1.82) is 0 Å². The largest absolute Gasteiger partial charge is 0.352 e. The van der Waals surface area contributed by atoms with Crippen molar-refractivity contribution in [2.75, 3.05) is 12.4 Å². The average molecular weight is 167 g/mol. The number of para-hydroxylation sites is 1. The molecule has 0 aliphatic carbocycles. The van der Waals surface area contributed by atoms with Crippen molar-refractivity contribution in [3.8, 4) is 0 Å². The van der Waals surface area contributed by atoms with E-state index in [4.69, 9.17) is 4.74 Å². The van der Waals surface area contributed by atoms with Gasteiger partial charge in [0.1, 0.15) is 0 Å². The molecule has 1 unspecified atom stereocenters. The summed E-state index contributed by atoms with van der Waals surface area (Å²) in [7, 11) is 1.70. The summed E-state index contributed by atoms with van der Waals surface area (Å²) >= 11 is 1.70. The van der Waals surface area contributed by atoms with E-state index < -0.39 is 0 Å². The van der Waals surface area contributed by atoms with Crippen molar-refractivity contribution in [1.82, 2.24) is 0 Å². The Balaban J connectivity index is 2.27. The van der Waals surface area contributed by atoms with Gasteiger partial charge in [-0.2, -0.15) is 0 Å². The Morgan fingerprint density at radius 2 is 2.27 bits per heavy atom. The molecular weight excluding hydrogens is 158 g/mol. The highest BCUT2D eigenvalue weighted by Gasteiger charge is 2.19. The first-order valence-electron chi connectivity index (χ1n) is 3.45. The number of hydrogen-bond donors (Lipinski definition) is 1. The Morgan fingerprint density at radius 3 is 3.00 bits per heavy atom. The molecule has 2 rings (SSSR count). The van der Waals surface area contributed by atoms with Crippen LogP contribution >= 0.6 is 11.8 Å². The van der Waals surface area contributed by atoms with Crippen molar-refractivity contribution in [3.05, 3.63) is 24.3 Å². The van der Waals surface area contributed by atoms with Gasteiger partial charge in [0.2, 0.25) is 0 Å². The lowest BCUT2D eigenvalue weighted by molar-refractivity contribution is 0.196. The highest BCUT2D eigenvalue weighted by atomic mass is 32.2. The van der Waals surface area contributed by atoms with Crippen molar-refractivity contribution in [2.45, 2.75) is 10.5 Å². The van der Waals surface area contributed by atoms with E-state index in [2.05, 4.69) is 17.4 Å². The Hall–Kier alpha value is -0.670. The second-order valence-corrected chi connectivity index (χ2v) is 3.43. The van der Waals surface area contributed by atoms with Gasteiger partial charge in [-0.1, -0.05) is 23.9 Å². The second-order valence-electron chi connectivity index (χ2n) is 2.33. The minimum Gasteiger partial charge on any atom is -0.352 e. The van der Waals surface area contributed by atoms with E-state index in [1.165, 1.54) is 10.6 Å². The number of nitrogens with one attached hydrogen (secondary N) is 1. The highest BCUT2D eigenvalue weighted by molar-refractivity contribution is 8.00. The third kappa shape index (κ3) is 1.21. The Morgan fingerprint density at radius 1 is 1.45 bits per heavy atom. The first-order chi connectivity index (χ1) is 5.40. The average Bonchev–Trinajstić information content (AvgIpc) is 2.46. The van der Waals surface area contributed by atoms with Crippen LogP contribution in [0.3, 0.4) is 0 Å². The molecule has 0 bridgehead atoms. The monoisotopic (exact) mass is 167 g/mol. The van der Waals surface area contributed by atoms with Crippen molar-refractivity contribution in [2.24, 2.45) is 0 Å². The van der Waals surface area contributed by atoms with E-state index in [0.29, 0.717) is 0 Å². The molecule has 1 N–H and O–H groups in total. The zero-order valence-corrected chi connectivity index (χ0v) is 7.02. The van der Waals surface area contributed by atoms with Gasteiger partial charge in [-0.05, 0) is 12.1 Å². The van der Waals surface area contributed by atoms with Gasteiger partial charge in [0.15, 0.2) is 5.56 Å². The van der Waals surface area contributed by atoms with Crippen LogP contribution in [0.4, 0.5) is 5.69 Å². The number of benzene rings is 1. The number of thioether (sulfide) groups is 1. The van der Waals surface area contributed by atoms with E-state index in [-0.39, 0.29) is 5.56 Å². The quantitative estimate of drug-likeness (QED) is 0.692.